The summed E-state index contributed by atoms with van der Waals surface area (Å²) >= 11 is 6.82. The van der Waals surface area contributed by atoms with Crippen LogP contribution in [0.15, 0.2) is 16.8 Å². The minimum Gasteiger partial charge on any atom is -0.475 e. The van der Waals surface area contributed by atoms with E-state index in [1.165, 1.54) is 23.6 Å². The SMILES string of the molecule is O=C(O)c1cc(-c2cnc(Cl)s2)no1. The van der Waals surface area contributed by atoms with Crippen LogP contribution in [-0.4, -0.2) is 21.2 Å². The number of aromatic carboxylic acids is 1. The van der Waals surface area contributed by atoms with E-state index in [-0.39, 0.29) is 5.76 Å². The summed E-state index contributed by atoms with van der Waals surface area (Å²) in [7, 11) is 0. The largest absolute Gasteiger partial charge is 0.475 e. The van der Waals surface area contributed by atoms with Crippen molar-refractivity contribution in [1.29, 1.82) is 0 Å². The van der Waals surface area contributed by atoms with Crippen LogP contribution < -0.4 is 0 Å². The molecule has 0 bridgehead atoms. The predicted octanol–water partition coefficient (Wildman–Crippen LogP) is 2.15. The number of carbonyl (C=O) groups is 1. The highest BCUT2D eigenvalue weighted by molar-refractivity contribution is 7.18. The maximum atomic E-state index is 10.5. The average molecular weight is 231 g/mol. The van der Waals surface area contributed by atoms with Gasteiger partial charge in [-0.15, -0.1) is 11.3 Å². The summed E-state index contributed by atoms with van der Waals surface area (Å²) in [6, 6.07) is 1.33. The molecular formula is C7H3ClN2O3S. The van der Waals surface area contributed by atoms with E-state index in [0.717, 1.165) is 0 Å². The van der Waals surface area contributed by atoms with E-state index in [1.807, 2.05) is 0 Å². The molecule has 0 amide bonds. The van der Waals surface area contributed by atoms with Gasteiger partial charge >= 0.3 is 5.97 Å². The fraction of sp³-hybridized carbons (Fsp3) is 0. The molecule has 0 atom stereocenters. The Morgan fingerprint density at radius 3 is 2.93 bits per heavy atom. The van der Waals surface area contributed by atoms with Gasteiger partial charge in [-0.3, -0.25) is 0 Å². The molecule has 0 aliphatic carbocycles. The quantitative estimate of drug-likeness (QED) is 0.855. The molecule has 2 heterocycles. The van der Waals surface area contributed by atoms with Crippen LogP contribution in [-0.2, 0) is 0 Å². The average Bonchev–Trinajstić information content (AvgIpc) is 2.70. The van der Waals surface area contributed by atoms with Gasteiger partial charge in [-0.2, -0.15) is 0 Å². The minimum atomic E-state index is -1.15. The van der Waals surface area contributed by atoms with Gasteiger partial charge < -0.3 is 9.63 Å². The molecule has 2 rings (SSSR count). The first-order chi connectivity index (χ1) is 6.66. The molecule has 0 radical (unpaired) electrons. The van der Waals surface area contributed by atoms with Gasteiger partial charge in [-0.1, -0.05) is 16.8 Å². The van der Waals surface area contributed by atoms with Crippen molar-refractivity contribution in [2.75, 3.05) is 0 Å². The smallest absolute Gasteiger partial charge is 0.374 e. The zero-order chi connectivity index (χ0) is 10.1. The van der Waals surface area contributed by atoms with Crippen molar-refractivity contribution in [3.63, 3.8) is 0 Å². The number of nitrogens with zero attached hydrogens (tertiary/aromatic N) is 2. The van der Waals surface area contributed by atoms with Crippen LogP contribution in [0.3, 0.4) is 0 Å². The summed E-state index contributed by atoms with van der Waals surface area (Å²) in [4.78, 5) is 15.0. The predicted molar refractivity (Wildman–Crippen MR) is 49.6 cm³/mol. The zero-order valence-electron chi connectivity index (χ0n) is 6.60. The highest BCUT2D eigenvalue weighted by atomic mass is 35.5. The molecule has 0 aromatic carbocycles. The van der Waals surface area contributed by atoms with Crippen molar-refractivity contribution in [2.45, 2.75) is 0 Å². The standard InChI is InChI=1S/C7H3ClN2O3S/c8-7-9-2-5(14-7)3-1-4(6(11)12)13-10-3/h1-2H,(H,11,12). The van der Waals surface area contributed by atoms with Crippen molar-refractivity contribution >= 4 is 28.9 Å². The van der Waals surface area contributed by atoms with Gasteiger partial charge in [0.25, 0.3) is 0 Å². The van der Waals surface area contributed by atoms with Crippen LogP contribution in [0.5, 0.6) is 0 Å². The maximum Gasteiger partial charge on any atom is 0.374 e. The number of hydrogen-bond acceptors (Lipinski definition) is 5. The molecule has 1 N–H and O–H groups in total. The lowest BCUT2D eigenvalue weighted by Crippen LogP contribution is -1.91. The van der Waals surface area contributed by atoms with Crippen LogP contribution in [0.4, 0.5) is 0 Å². The summed E-state index contributed by atoms with van der Waals surface area (Å²) in [6.07, 6.45) is 1.51. The highest BCUT2D eigenvalue weighted by Gasteiger charge is 2.13. The number of carboxylic acid groups (broad SMARTS) is 1. The van der Waals surface area contributed by atoms with E-state index in [2.05, 4.69) is 14.7 Å². The Balaban J connectivity index is 2.38. The van der Waals surface area contributed by atoms with Gasteiger partial charge in [0.1, 0.15) is 5.69 Å². The molecule has 0 unspecified atom stereocenters. The zero-order valence-corrected chi connectivity index (χ0v) is 8.17. The summed E-state index contributed by atoms with van der Waals surface area (Å²) < 4.78 is 4.95. The Kier molecular flexibility index (Phi) is 2.22. The Hall–Kier alpha value is -1.40. The fourth-order valence-corrected chi connectivity index (χ4v) is 1.75. The molecule has 0 fully saturated rings. The third-order valence-corrected chi connectivity index (χ3v) is 2.59. The Labute approximate surface area is 86.9 Å². The topological polar surface area (TPSA) is 76.2 Å². The number of halogens is 1. The molecule has 14 heavy (non-hydrogen) atoms. The Morgan fingerprint density at radius 2 is 2.43 bits per heavy atom. The molecule has 2 aromatic heterocycles. The van der Waals surface area contributed by atoms with Gasteiger partial charge in [0.2, 0.25) is 5.76 Å². The second-order valence-electron chi connectivity index (χ2n) is 2.36. The number of rotatable bonds is 2. The van der Waals surface area contributed by atoms with Crippen molar-refractivity contribution in [1.82, 2.24) is 10.1 Å². The molecule has 0 saturated carbocycles. The number of thiazole rings is 1. The van der Waals surface area contributed by atoms with E-state index in [9.17, 15) is 4.79 Å². The second-order valence-corrected chi connectivity index (χ2v) is 3.97. The van der Waals surface area contributed by atoms with Crippen LogP contribution >= 0.6 is 22.9 Å². The Morgan fingerprint density at radius 1 is 1.64 bits per heavy atom. The van der Waals surface area contributed by atoms with Crippen LogP contribution in [0.1, 0.15) is 10.6 Å². The van der Waals surface area contributed by atoms with E-state index < -0.39 is 5.97 Å². The first kappa shape index (κ1) is 9.17. The lowest BCUT2D eigenvalue weighted by Gasteiger charge is -1.81. The Bertz CT molecular complexity index is 479. The fourth-order valence-electron chi connectivity index (χ4n) is 0.863. The van der Waals surface area contributed by atoms with E-state index >= 15 is 0 Å². The van der Waals surface area contributed by atoms with Gasteiger partial charge in [0.05, 0.1) is 4.88 Å². The van der Waals surface area contributed by atoms with Crippen molar-refractivity contribution in [2.24, 2.45) is 0 Å². The first-order valence-corrected chi connectivity index (χ1v) is 4.68. The van der Waals surface area contributed by atoms with Gasteiger partial charge in [0, 0.05) is 12.3 Å². The van der Waals surface area contributed by atoms with E-state index in [0.29, 0.717) is 15.0 Å². The molecule has 0 aliphatic rings. The summed E-state index contributed by atoms with van der Waals surface area (Å²) in [5.41, 5.74) is 0.423. The summed E-state index contributed by atoms with van der Waals surface area (Å²) in [5, 5.41) is 12.2. The number of hydrogen-bond donors (Lipinski definition) is 1. The van der Waals surface area contributed by atoms with Gasteiger partial charge in [0.15, 0.2) is 4.47 Å². The molecule has 0 aliphatic heterocycles. The normalized spacial score (nSPS) is 10.4. The van der Waals surface area contributed by atoms with Crippen molar-refractivity contribution in [3.05, 3.63) is 22.5 Å². The van der Waals surface area contributed by atoms with Gasteiger partial charge in [-0.25, -0.2) is 9.78 Å². The van der Waals surface area contributed by atoms with E-state index in [1.54, 1.807) is 0 Å². The molecule has 0 saturated heterocycles. The molecular weight excluding hydrogens is 228 g/mol. The minimum absolute atomic E-state index is 0.204. The van der Waals surface area contributed by atoms with Crippen LogP contribution in [0, 0.1) is 0 Å². The monoisotopic (exact) mass is 230 g/mol. The number of aromatic nitrogens is 2. The lowest BCUT2D eigenvalue weighted by molar-refractivity contribution is 0.0652. The van der Waals surface area contributed by atoms with Crippen LogP contribution in [0.2, 0.25) is 4.47 Å². The third-order valence-electron chi connectivity index (χ3n) is 1.45. The molecule has 5 nitrogen and oxygen atoms in total. The van der Waals surface area contributed by atoms with Gasteiger partial charge in [-0.05, 0) is 0 Å². The van der Waals surface area contributed by atoms with E-state index in [4.69, 9.17) is 16.7 Å². The summed E-state index contributed by atoms with van der Waals surface area (Å²) in [6.45, 7) is 0. The maximum absolute atomic E-state index is 10.5. The third kappa shape index (κ3) is 1.61. The summed E-state index contributed by atoms with van der Waals surface area (Å²) in [5.74, 6) is -1.36. The van der Waals surface area contributed by atoms with Crippen molar-refractivity contribution < 1.29 is 14.4 Å². The van der Waals surface area contributed by atoms with Crippen molar-refractivity contribution in [3.8, 4) is 10.6 Å². The highest BCUT2D eigenvalue weighted by Crippen LogP contribution is 2.27. The number of carboxylic acids is 1. The molecule has 0 spiro atoms. The molecule has 2 aromatic rings. The molecule has 7 heteroatoms. The lowest BCUT2D eigenvalue weighted by atomic mass is 10.3. The van der Waals surface area contributed by atoms with Crippen LogP contribution in [0.25, 0.3) is 10.6 Å². The molecule has 72 valence electrons. The second kappa shape index (κ2) is 3.39. The first-order valence-electron chi connectivity index (χ1n) is 3.48.